The van der Waals surface area contributed by atoms with Crippen molar-refractivity contribution in [3.8, 4) is 0 Å². The first kappa shape index (κ1) is 14.5. The summed E-state index contributed by atoms with van der Waals surface area (Å²) < 4.78 is 1.80. The van der Waals surface area contributed by atoms with Gasteiger partial charge in [0.25, 0.3) is 0 Å². The Labute approximate surface area is 117 Å². The van der Waals surface area contributed by atoms with E-state index in [-0.39, 0.29) is 0 Å². The highest BCUT2D eigenvalue weighted by Crippen LogP contribution is 2.26. The van der Waals surface area contributed by atoms with Crippen LogP contribution < -0.4 is 5.32 Å². The number of aromatic nitrogens is 3. The van der Waals surface area contributed by atoms with Crippen molar-refractivity contribution in [2.24, 2.45) is 13.0 Å². The minimum absolute atomic E-state index is 0.569. The summed E-state index contributed by atoms with van der Waals surface area (Å²) in [4.78, 5) is 0. The maximum atomic E-state index is 4.25. The molecule has 0 amide bonds. The van der Waals surface area contributed by atoms with Crippen LogP contribution in [0.3, 0.4) is 0 Å². The number of nitrogens with one attached hydrogen (secondary N) is 1. The van der Waals surface area contributed by atoms with E-state index in [1.165, 1.54) is 44.9 Å². The van der Waals surface area contributed by atoms with E-state index in [4.69, 9.17) is 0 Å². The molecule has 0 spiro atoms. The molecule has 0 aromatic carbocycles. The van der Waals surface area contributed by atoms with Gasteiger partial charge < -0.3 is 5.32 Å². The first-order chi connectivity index (χ1) is 9.29. The smallest absolute Gasteiger partial charge is 0.0842 e. The number of rotatable bonds is 5. The molecular formula is C15H28N4. The Kier molecular flexibility index (Phi) is 5.83. The maximum absolute atomic E-state index is 4.25. The first-order valence-electron chi connectivity index (χ1n) is 7.88. The number of hydrogen-bond acceptors (Lipinski definition) is 3. The maximum Gasteiger partial charge on any atom is 0.0842 e. The van der Waals surface area contributed by atoms with Gasteiger partial charge in [-0.25, -0.2) is 0 Å². The van der Waals surface area contributed by atoms with E-state index in [0.717, 1.165) is 24.6 Å². The van der Waals surface area contributed by atoms with Crippen LogP contribution in [-0.2, 0) is 13.5 Å². The third-order valence-corrected chi connectivity index (χ3v) is 4.26. The van der Waals surface area contributed by atoms with E-state index < -0.39 is 0 Å². The van der Waals surface area contributed by atoms with Crippen molar-refractivity contribution in [2.45, 2.75) is 64.3 Å². The SMILES string of the molecule is CCNC(Cc1cn(C)nn1)C1CCCCCCC1. The van der Waals surface area contributed by atoms with Crippen LogP contribution in [0.2, 0.25) is 0 Å². The van der Waals surface area contributed by atoms with Gasteiger partial charge in [0.05, 0.1) is 5.69 Å². The summed E-state index contributed by atoms with van der Waals surface area (Å²) in [6, 6.07) is 0.569. The molecule has 1 aliphatic rings. The number of hydrogen-bond donors (Lipinski definition) is 1. The molecule has 1 N–H and O–H groups in total. The number of aryl methyl sites for hydroxylation is 1. The molecule has 1 saturated carbocycles. The largest absolute Gasteiger partial charge is 0.314 e. The van der Waals surface area contributed by atoms with Crippen LogP contribution >= 0.6 is 0 Å². The van der Waals surface area contributed by atoms with Gasteiger partial charge in [0.2, 0.25) is 0 Å². The van der Waals surface area contributed by atoms with Crippen molar-refractivity contribution in [1.29, 1.82) is 0 Å². The van der Waals surface area contributed by atoms with Crippen LogP contribution in [0.15, 0.2) is 6.20 Å². The van der Waals surface area contributed by atoms with Crippen molar-refractivity contribution in [2.75, 3.05) is 6.54 Å². The molecule has 1 atom stereocenters. The Morgan fingerprint density at radius 1 is 1.26 bits per heavy atom. The Morgan fingerprint density at radius 2 is 1.95 bits per heavy atom. The second kappa shape index (κ2) is 7.63. The fourth-order valence-electron chi connectivity index (χ4n) is 3.27. The highest BCUT2D eigenvalue weighted by Gasteiger charge is 2.22. The quantitative estimate of drug-likeness (QED) is 0.889. The average Bonchev–Trinajstić information content (AvgIpc) is 2.74. The zero-order valence-corrected chi connectivity index (χ0v) is 12.4. The molecule has 1 aromatic heterocycles. The minimum Gasteiger partial charge on any atom is -0.314 e. The molecule has 0 radical (unpaired) electrons. The molecule has 1 aromatic rings. The predicted molar refractivity (Wildman–Crippen MR) is 78.0 cm³/mol. The summed E-state index contributed by atoms with van der Waals surface area (Å²) >= 11 is 0. The topological polar surface area (TPSA) is 42.7 Å². The normalized spacial score (nSPS) is 19.9. The fraction of sp³-hybridized carbons (Fsp3) is 0.867. The van der Waals surface area contributed by atoms with Gasteiger partial charge in [0.1, 0.15) is 0 Å². The molecule has 4 nitrogen and oxygen atoms in total. The van der Waals surface area contributed by atoms with Gasteiger partial charge >= 0.3 is 0 Å². The van der Waals surface area contributed by atoms with E-state index in [9.17, 15) is 0 Å². The van der Waals surface area contributed by atoms with E-state index in [0.29, 0.717) is 6.04 Å². The Morgan fingerprint density at radius 3 is 2.53 bits per heavy atom. The molecule has 0 bridgehead atoms. The number of likely N-dealkylation sites (N-methyl/N-ethyl adjacent to an activating group) is 1. The monoisotopic (exact) mass is 264 g/mol. The van der Waals surface area contributed by atoms with Gasteiger partial charge in [-0.2, -0.15) is 0 Å². The van der Waals surface area contributed by atoms with Crippen LogP contribution in [0.25, 0.3) is 0 Å². The minimum atomic E-state index is 0.569. The summed E-state index contributed by atoms with van der Waals surface area (Å²) in [5.41, 5.74) is 1.12. The van der Waals surface area contributed by atoms with E-state index in [1.807, 2.05) is 13.2 Å². The van der Waals surface area contributed by atoms with Crippen molar-refractivity contribution >= 4 is 0 Å². The predicted octanol–water partition coefficient (Wildman–Crippen LogP) is 2.70. The van der Waals surface area contributed by atoms with Gasteiger partial charge in [-0.3, -0.25) is 4.68 Å². The third kappa shape index (κ3) is 4.60. The van der Waals surface area contributed by atoms with Crippen LogP contribution in [0.4, 0.5) is 0 Å². The zero-order valence-electron chi connectivity index (χ0n) is 12.4. The van der Waals surface area contributed by atoms with Gasteiger partial charge in [0, 0.05) is 25.7 Å². The zero-order chi connectivity index (χ0) is 13.5. The molecule has 0 aliphatic heterocycles. The van der Waals surface area contributed by atoms with Gasteiger partial charge in [-0.05, 0) is 25.3 Å². The molecule has 0 saturated heterocycles. The highest BCUT2D eigenvalue weighted by molar-refractivity contribution is 4.97. The Balaban J connectivity index is 1.96. The van der Waals surface area contributed by atoms with Crippen molar-refractivity contribution in [3.05, 3.63) is 11.9 Å². The second-order valence-electron chi connectivity index (χ2n) is 5.86. The van der Waals surface area contributed by atoms with Crippen molar-refractivity contribution in [1.82, 2.24) is 20.3 Å². The van der Waals surface area contributed by atoms with Crippen LogP contribution in [0, 0.1) is 5.92 Å². The molecular weight excluding hydrogens is 236 g/mol. The lowest BCUT2D eigenvalue weighted by Crippen LogP contribution is -2.38. The lowest BCUT2D eigenvalue weighted by molar-refractivity contribution is 0.285. The second-order valence-corrected chi connectivity index (χ2v) is 5.86. The first-order valence-corrected chi connectivity index (χ1v) is 7.88. The highest BCUT2D eigenvalue weighted by atomic mass is 15.4. The summed E-state index contributed by atoms with van der Waals surface area (Å²) in [5.74, 6) is 0.808. The molecule has 4 heteroatoms. The molecule has 19 heavy (non-hydrogen) atoms. The Hall–Kier alpha value is -0.900. The summed E-state index contributed by atoms with van der Waals surface area (Å²) in [6.45, 7) is 3.24. The van der Waals surface area contributed by atoms with Crippen LogP contribution in [0.1, 0.15) is 57.6 Å². The van der Waals surface area contributed by atoms with Crippen molar-refractivity contribution < 1.29 is 0 Å². The number of nitrogens with zero attached hydrogens (tertiary/aromatic N) is 3. The standard InChI is InChI=1S/C15H28N4/c1-3-16-15(11-14-12-19(2)18-17-14)13-9-7-5-4-6-8-10-13/h12-13,15-16H,3-11H2,1-2H3. The van der Waals surface area contributed by atoms with E-state index >= 15 is 0 Å². The lowest BCUT2D eigenvalue weighted by Gasteiger charge is -2.29. The Bertz CT molecular complexity index is 353. The van der Waals surface area contributed by atoms with Gasteiger partial charge in [-0.1, -0.05) is 44.2 Å². The van der Waals surface area contributed by atoms with Gasteiger partial charge in [-0.15, -0.1) is 5.10 Å². The fourth-order valence-corrected chi connectivity index (χ4v) is 3.27. The summed E-state index contributed by atoms with van der Waals surface area (Å²) in [6.07, 6.45) is 12.9. The molecule has 1 aliphatic carbocycles. The summed E-state index contributed by atoms with van der Waals surface area (Å²) in [5, 5.41) is 12.0. The van der Waals surface area contributed by atoms with Crippen LogP contribution in [0.5, 0.6) is 0 Å². The third-order valence-electron chi connectivity index (χ3n) is 4.26. The van der Waals surface area contributed by atoms with Crippen LogP contribution in [-0.4, -0.2) is 27.6 Å². The lowest BCUT2D eigenvalue weighted by atomic mass is 9.84. The summed E-state index contributed by atoms with van der Waals surface area (Å²) in [7, 11) is 1.94. The van der Waals surface area contributed by atoms with Crippen molar-refractivity contribution in [3.63, 3.8) is 0 Å². The molecule has 108 valence electrons. The molecule has 1 fully saturated rings. The van der Waals surface area contributed by atoms with E-state index in [1.54, 1.807) is 4.68 Å². The van der Waals surface area contributed by atoms with E-state index in [2.05, 4.69) is 22.6 Å². The molecule has 1 heterocycles. The average molecular weight is 264 g/mol. The van der Waals surface area contributed by atoms with Gasteiger partial charge in [0.15, 0.2) is 0 Å². The molecule has 1 unspecified atom stereocenters. The molecule has 2 rings (SSSR count).